The first-order chi connectivity index (χ1) is 14.6. The van der Waals surface area contributed by atoms with Gasteiger partial charge in [0, 0.05) is 0 Å². The second-order valence-electron chi connectivity index (χ2n) is 9.88. The molecule has 0 radical (unpaired) electrons. The zero-order valence-corrected chi connectivity index (χ0v) is 26.4. The van der Waals surface area contributed by atoms with Crippen molar-refractivity contribution in [2.24, 2.45) is 5.92 Å². The Kier molecular flexibility index (Phi) is 9.48. The predicted octanol–water partition coefficient (Wildman–Crippen LogP) is 2.24. The summed E-state index contributed by atoms with van der Waals surface area (Å²) >= 11 is -1.93. The molecule has 0 aromatic heterocycles. The molecule has 2 aliphatic rings. The van der Waals surface area contributed by atoms with Crippen molar-refractivity contribution in [2.75, 3.05) is 0 Å². The third-order valence-corrected chi connectivity index (χ3v) is 26.4. The van der Waals surface area contributed by atoms with Crippen molar-refractivity contribution >= 4 is 11.0 Å². The number of aryl methyl sites for hydroxylation is 2. The normalized spacial score (nSPS) is 18.8. The van der Waals surface area contributed by atoms with Crippen LogP contribution in [0.3, 0.4) is 0 Å². The summed E-state index contributed by atoms with van der Waals surface area (Å²) < 4.78 is 2.58. The van der Waals surface area contributed by atoms with Crippen LogP contribution in [0.4, 0.5) is 0 Å². The van der Waals surface area contributed by atoms with Crippen LogP contribution in [0.5, 0.6) is 0 Å². The Morgan fingerprint density at radius 3 is 2.03 bits per heavy atom. The van der Waals surface area contributed by atoms with E-state index in [0.717, 1.165) is 0 Å². The van der Waals surface area contributed by atoms with Crippen molar-refractivity contribution in [2.45, 2.75) is 65.2 Å². The van der Waals surface area contributed by atoms with Crippen LogP contribution in [0.1, 0.15) is 64.7 Å². The Labute approximate surface area is 221 Å². The van der Waals surface area contributed by atoms with E-state index >= 15 is 0 Å². The van der Waals surface area contributed by atoms with Crippen LogP contribution in [0.2, 0.25) is 13.1 Å². The second kappa shape index (κ2) is 10.9. The van der Waals surface area contributed by atoms with Gasteiger partial charge in [0.2, 0.25) is 0 Å². The van der Waals surface area contributed by atoms with Crippen molar-refractivity contribution in [3.8, 4) is 0 Å². The van der Waals surface area contributed by atoms with Crippen LogP contribution in [-0.4, -0.2) is 5.43 Å². The van der Waals surface area contributed by atoms with E-state index in [1.165, 1.54) is 33.4 Å². The largest absolute Gasteiger partial charge is 1.00 e. The van der Waals surface area contributed by atoms with Gasteiger partial charge in [-0.3, -0.25) is 0 Å². The molecule has 0 saturated carbocycles. The van der Waals surface area contributed by atoms with Gasteiger partial charge in [-0.1, -0.05) is 0 Å². The molecule has 2 atom stereocenters. The maximum Gasteiger partial charge on any atom is -1.00 e. The Balaban J connectivity index is 0.00000193. The summed E-state index contributed by atoms with van der Waals surface area (Å²) in [6, 6.07) is 14.1. The predicted molar refractivity (Wildman–Crippen MR) is 135 cm³/mol. The van der Waals surface area contributed by atoms with Crippen LogP contribution < -0.4 is 24.8 Å². The first kappa shape index (κ1) is 28.6. The summed E-state index contributed by atoms with van der Waals surface area (Å²) in [5.74, 6) is 0.655. The van der Waals surface area contributed by atoms with Gasteiger partial charge in [0.1, 0.15) is 0 Å². The molecule has 0 saturated heterocycles. The van der Waals surface area contributed by atoms with Gasteiger partial charge in [-0.2, -0.15) is 0 Å². The summed E-state index contributed by atoms with van der Waals surface area (Å²) in [7, 11) is 0. The van der Waals surface area contributed by atoms with E-state index in [1.54, 1.807) is 22.3 Å². The number of allylic oxidation sites excluding steroid dienone is 5. The first-order valence-corrected chi connectivity index (χ1v) is 20.4. The fourth-order valence-corrected chi connectivity index (χ4v) is 25.4. The summed E-state index contributed by atoms with van der Waals surface area (Å²) in [5.41, 5.74) is 14.8. The molecule has 0 N–H and O–H groups in total. The smallest absolute Gasteiger partial charge is 1.00 e. The standard InChI is InChI=1S/C18H17.C9H13.C2H6Si.2ClH.Zr/c1-12-10-13(2)14(3)18(11-12)17-9-8-15-6-4-5-7-16(15)17;1-6-5-7(2)9(4)8(6)3;1-3-2;;;/h4-11H,1-3H3;6H,1-4H3;1-2H3;2*1H;/q;;;;;+2/p-2. The molecule has 33 heavy (non-hydrogen) atoms. The van der Waals surface area contributed by atoms with Gasteiger partial charge in [0.15, 0.2) is 0 Å². The van der Waals surface area contributed by atoms with Crippen molar-refractivity contribution in [1.82, 2.24) is 0 Å². The Morgan fingerprint density at radius 1 is 0.818 bits per heavy atom. The molecule has 174 valence electrons. The molecule has 2 unspecified atom stereocenters. The number of halogens is 2. The SMILES string of the molecule is CC1=C(C)C(C)[C]([Zr+2]([CH]2C=C(c3cc(C)cc(C)c3C)c3ccccc32)=[Si](C)C)=C1C.[Cl-].[Cl-]. The molecule has 0 fully saturated rings. The second-order valence-corrected chi connectivity index (χ2v) is 27.3. The number of fused-ring (bicyclic) bond motifs is 1. The minimum atomic E-state index is -1.93. The average molecular weight is 575 g/mol. The van der Waals surface area contributed by atoms with E-state index in [-0.39, 0.29) is 30.2 Å². The van der Waals surface area contributed by atoms with Gasteiger partial charge >= 0.3 is 198 Å². The number of hydrogen-bond acceptors (Lipinski definition) is 0. The molecular formula is C29H36Cl2SiZr. The quantitative estimate of drug-likeness (QED) is 0.494. The van der Waals surface area contributed by atoms with Gasteiger partial charge in [0.25, 0.3) is 0 Å². The summed E-state index contributed by atoms with van der Waals surface area (Å²) in [6.07, 6.45) is 2.72. The molecule has 0 bridgehead atoms. The molecule has 2 aromatic rings. The van der Waals surface area contributed by atoms with Crippen LogP contribution >= 0.6 is 0 Å². The molecule has 0 aliphatic heterocycles. The van der Waals surface area contributed by atoms with E-state index in [2.05, 4.69) is 104 Å². The van der Waals surface area contributed by atoms with Crippen molar-refractivity contribution in [1.29, 1.82) is 0 Å². The van der Waals surface area contributed by atoms with Crippen LogP contribution in [0.15, 0.2) is 62.5 Å². The van der Waals surface area contributed by atoms with Crippen molar-refractivity contribution < 1.29 is 45.2 Å². The van der Waals surface area contributed by atoms with E-state index in [4.69, 9.17) is 0 Å². The Hall–Kier alpha value is -0.660. The maximum atomic E-state index is 2.72. The molecule has 2 aliphatic carbocycles. The molecule has 0 amide bonds. The Bertz CT molecular complexity index is 1230. The summed E-state index contributed by atoms with van der Waals surface area (Å²) in [6.45, 7) is 21.6. The number of benzene rings is 2. The first-order valence-electron chi connectivity index (χ1n) is 11.6. The zero-order chi connectivity index (χ0) is 22.6. The topological polar surface area (TPSA) is 0 Å². The van der Waals surface area contributed by atoms with Gasteiger partial charge in [0.05, 0.1) is 0 Å². The minimum Gasteiger partial charge on any atom is -1.00 e. The van der Waals surface area contributed by atoms with E-state index < -0.39 is 20.4 Å². The number of rotatable bonds is 3. The molecule has 4 heteroatoms. The zero-order valence-electron chi connectivity index (χ0n) is 21.5. The summed E-state index contributed by atoms with van der Waals surface area (Å²) in [4.78, 5) is 0. The van der Waals surface area contributed by atoms with E-state index in [1.807, 2.05) is 3.28 Å². The van der Waals surface area contributed by atoms with Gasteiger partial charge in [-0.15, -0.1) is 0 Å². The third-order valence-electron chi connectivity index (χ3n) is 7.80. The van der Waals surface area contributed by atoms with E-state index in [9.17, 15) is 0 Å². The fourth-order valence-electron chi connectivity index (χ4n) is 5.70. The van der Waals surface area contributed by atoms with Crippen LogP contribution in [0.25, 0.3) is 5.57 Å². The molecular weight excluding hydrogens is 539 g/mol. The van der Waals surface area contributed by atoms with E-state index in [0.29, 0.717) is 9.54 Å². The van der Waals surface area contributed by atoms with Crippen LogP contribution in [-0.2, 0) is 20.4 Å². The fraction of sp³-hybridized carbons (Fsp3) is 0.379. The maximum absolute atomic E-state index is 2.72. The van der Waals surface area contributed by atoms with Gasteiger partial charge < -0.3 is 24.8 Å². The van der Waals surface area contributed by atoms with Crippen LogP contribution in [0, 0.1) is 26.7 Å². The minimum absolute atomic E-state index is 0. The van der Waals surface area contributed by atoms with Gasteiger partial charge in [-0.25, -0.2) is 0 Å². The molecule has 4 rings (SSSR count). The molecule has 0 spiro atoms. The van der Waals surface area contributed by atoms with Crippen molar-refractivity contribution in [3.05, 3.63) is 95.9 Å². The molecule has 0 heterocycles. The third kappa shape index (κ3) is 4.88. The van der Waals surface area contributed by atoms with Gasteiger partial charge in [-0.05, 0) is 0 Å². The Morgan fingerprint density at radius 2 is 1.45 bits per heavy atom. The monoisotopic (exact) mass is 572 g/mol. The molecule has 2 aromatic carbocycles. The average Bonchev–Trinajstić information content (AvgIpc) is 3.18. The summed E-state index contributed by atoms with van der Waals surface area (Å²) in [5, 5.41) is 0. The number of hydrogen-bond donors (Lipinski definition) is 0. The molecule has 0 nitrogen and oxygen atoms in total. The van der Waals surface area contributed by atoms with Crippen molar-refractivity contribution in [3.63, 3.8) is 0 Å².